The molecule has 0 saturated carbocycles. The van der Waals surface area contributed by atoms with Crippen molar-refractivity contribution in [3.05, 3.63) is 23.8 Å². The molecule has 0 amide bonds. The van der Waals surface area contributed by atoms with Crippen LogP contribution in [0.5, 0.6) is 11.5 Å². The molecule has 0 aliphatic carbocycles. The zero-order chi connectivity index (χ0) is 15.7. The van der Waals surface area contributed by atoms with E-state index in [1.54, 1.807) is 7.11 Å². The number of benzene rings is 1. The van der Waals surface area contributed by atoms with Crippen LogP contribution in [-0.2, 0) is 6.54 Å². The van der Waals surface area contributed by atoms with Crippen molar-refractivity contribution in [1.82, 2.24) is 5.32 Å². The van der Waals surface area contributed by atoms with E-state index in [2.05, 4.69) is 12.2 Å². The number of hydrogen-bond donors (Lipinski definition) is 2. The highest BCUT2D eigenvalue weighted by Crippen LogP contribution is 2.26. The van der Waals surface area contributed by atoms with Crippen LogP contribution in [0.3, 0.4) is 0 Å². The third-order valence-corrected chi connectivity index (χ3v) is 3.82. The third kappa shape index (κ3) is 5.56. The molecule has 0 fully saturated rings. The maximum atomic E-state index is 10.3. The summed E-state index contributed by atoms with van der Waals surface area (Å²) in [6.07, 6.45) is 2.46. The van der Waals surface area contributed by atoms with Crippen molar-refractivity contribution in [1.29, 1.82) is 0 Å². The number of rotatable bonds is 10. The Kier molecular flexibility index (Phi) is 7.54. The first-order chi connectivity index (χ1) is 10.1. The molecule has 0 bridgehead atoms. The van der Waals surface area contributed by atoms with Gasteiger partial charge in [0.2, 0.25) is 0 Å². The molecule has 1 aromatic rings. The number of hydrogen-bond acceptors (Lipinski definition) is 4. The summed E-state index contributed by atoms with van der Waals surface area (Å²) in [7, 11) is 1.66. The summed E-state index contributed by atoms with van der Waals surface area (Å²) in [5.41, 5.74) is 0.297. The van der Waals surface area contributed by atoms with Gasteiger partial charge < -0.3 is 19.9 Å². The number of aliphatic hydroxyl groups is 1. The lowest BCUT2D eigenvalue weighted by molar-refractivity contribution is -0.0116. The van der Waals surface area contributed by atoms with Crippen molar-refractivity contribution in [3.63, 3.8) is 0 Å². The average Bonchev–Trinajstić information content (AvgIpc) is 2.53. The summed E-state index contributed by atoms with van der Waals surface area (Å²) in [5.74, 6) is 1.62. The van der Waals surface area contributed by atoms with Crippen molar-refractivity contribution >= 4 is 0 Å². The van der Waals surface area contributed by atoms with Gasteiger partial charge in [0.05, 0.1) is 12.7 Å². The van der Waals surface area contributed by atoms with Gasteiger partial charge in [0.25, 0.3) is 0 Å². The Hall–Kier alpha value is -1.26. The topological polar surface area (TPSA) is 50.7 Å². The maximum Gasteiger partial charge on any atom is 0.124 e. The molecule has 21 heavy (non-hydrogen) atoms. The van der Waals surface area contributed by atoms with Crippen molar-refractivity contribution in [3.8, 4) is 11.5 Å². The monoisotopic (exact) mass is 295 g/mol. The van der Waals surface area contributed by atoms with Crippen LogP contribution >= 0.6 is 0 Å². The van der Waals surface area contributed by atoms with Gasteiger partial charge in [-0.2, -0.15) is 0 Å². The van der Waals surface area contributed by atoms with Crippen molar-refractivity contribution < 1.29 is 14.6 Å². The molecule has 0 atom stereocenters. The Balaban J connectivity index is 2.79. The Morgan fingerprint density at radius 1 is 1.19 bits per heavy atom. The van der Waals surface area contributed by atoms with Gasteiger partial charge in [0.1, 0.15) is 18.1 Å². The van der Waals surface area contributed by atoms with E-state index < -0.39 is 5.60 Å². The van der Waals surface area contributed by atoms with Crippen LogP contribution < -0.4 is 14.8 Å². The molecule has 4 nitrogen and oxygen atoms in total. The molecule has 4 heteroatoms. The van der Waals surface area contributed by atoms with Gasteiger partial charge in [0, 0.05) is 12.1 Å². The highest BCUT2D eigenvalue weighted by atomic mass is 16.5. The lowest BCUT2D eigenvalue weighted by Crippen LogP contribution is -2.34. The van der Waals surface area contributed by atoms with E-state index >= 15 is 0 Å². The van der Waals surface area contributed by atoms with E-state index in [0.717, 1.165) is 36.6 Å². The standard InChI is InChI=1S/C17H29NO3/c1-5-10-18-12-14-11-15(20-4)8-9-16(14)21-13-17(19,6-2)7-3/h8-9,11,18-19H,5-7,10,12-13H2,1-4H3. The summed E-state index contributed by atoms with van der Waals surface area (Å²) in [6.45, 7) is 8.10. The van der Waals surface area contributed by atoms with Gasteiger partial charge in [-0.15, -0.1) is 0 Å². The second-order valence-corrected chi connectivity index (χ2v) is 5.37. The van der Waals surface area contributed by atoms with Gasteiger partial charge in [-0.25, -0.2) is 0 Å². The molecule has 0 aliphatic heterocycles. The van der Waals surface area contributed by atoms with Gasteiger partial charge in [-0.3, -0.25) is 0 Å². The highest BCUT2D eigenvalue weighted by molar-refractivity contribution is 5.40. The van der Waals surface area contributed by atoms with E-state index in [9.17, 15) is 5.11 Å². The summed E-state index contributed by atoms with van der Waals surface area (Å²) in [4.78, 5) is 0. The number of methoxy groups -OCH3 is 1. The predicted octanol–water partition coefficient (Wildman–Crippen LogP) is 3.12. The molecule has 1 aromatic carbocycles. The van der Waals surface area contributed by atoms with Gasteiger partial charge in [0.15, 0.2) is 0 Å². The molecule has 0 saturated heterocycles. The van der Waals surface area contributed by atoms with Crippen LogP contribution in [0.1, 0.15) is 45.6 Å². The molecule has 0 spiro atoms. The third-order valence-electron chi connectivity index (χ3n) is 3.82. The molecule has 2 N–H and O–H groups in total. The number of ether oxygens (including phenoxy) is 2. The van der Waals surface area contributed by atoms with Gasteiger partial charge >= 0.3 is 0 Å². The Labute approximate surface area is 128 Å². The Bertz CT molecular complexity index is 416. The first-order valence-electron chi connectivity index (χ1n) is 7.81. The fraction of sp³-hybridized carbons (Fsp3) is 0.647. The molecule has 0 unspecified atom stereocenters. The average molecular weight is 295 g/mol. The zero-order valence-electron chi connectivity index (χ0n) is 13.7. The van der Waals surface area contributed by atoms with Crippen molar-refractivity contribution in [2.24, 2.45) is 0 Å². The van der Waals surface area contributed by atoms with Crippen LogP contribution in [0.4, 0.5) is 0 Å². The second kappa shape index (κ2) is 8.90. The predicted molar refractivity (Wildman–Crippen MR) is 86.0 cm³/mol. The lowest BCUT2D eigenvalue weighted by atomic mass is 9.99. The quantitative estimate of drug-likeness (QED) is 0.651. The van der Waals surface area contributed by atoms with Gasteiger partial charge in [-0.05, 0) is 44.0 Å². The van der Waals surface area contributed by atoms with E-state index in [-0.39, 0.29) is 0 Å². The first kappa shape index (κ1) is 17.8. The Morgan fingerprint density at radius 3 is 2.48 bits per heavy atom. The molecule has 0 aliphatic rings. The van der Waals surface area contributed by atoms with Crippen LogP contribution in [-0.4, -0.2) is 31.0 Å². The van der Waals surface area contributed by atoms with Crippen LogP contribution in [0.15, 0.2) is 18.2 Å². The minimum atomic E-state index is -0.756. The highest BCUT2D eigenvalue weighted by Gasteiger charge is 2.23. The lowest BCUT2D eigenvalue weighted by Gasteiger charge is -2.26. The Morgan fingerprint density at radius 2 is 1.90 bits per heavy atom. The second-order valence-electron chi connectivity index (χ2n) is 5.37. The van der Waals surface area contributed by atoms with E-state index in [4.69, 9.17) is 9.47 Å². The van der Waals surface area contributed by atoms with E-state index in [1.165, 1.54) is 0 Å². The minimum Gasteiger partial charge on any atom is -0.497 e. The fourth-order valence-corrected chi connectivity index (χ4v) is 2.03. The van der Waals surface area contributed by atoms with Gasteiger partial charge in [-0.1, -0.05) is 20.8 Å². The molecule has 1 rings (SSSR count). The molecule has 0 heterocycles. The molecular weight excluding hydrogens is 266 g/mol. The molecule has 0 radical (unpaired) electrons. The van der Waals surface area contributed by atoms with Crippen molar-refractivity contribution in [2.45, 2.75) is 52.2 Å². The fourth-order valence-electron chi connectivity index (χ4n) is 2.03. The normalized spacial score (nSPS) is 11.5. The van der Waals surface area contributed by atoms with Crippen LogP contribution in [0, 0.1) is 0 Å². The summed E-state index contributed by atoms with van der Waals surface area (Å²) in [6, 6.07) is 5.78. The van der Waals surface area contributed by atoms with Crippen LogP contribution in [0.2, 0.25) is 0 Å². The molecular formula is C17H29NO3. The van der Waals surface area contributed by atoms with E-state index in [0.29, 0.717) is 19.4 Å². The number of nitrogens with one attached hydrogen (secondary N) is 1. The summed E-state index contributed by atoms with van der Waals surface area (Å²) < 4.78 is 11.1. The zero-order valence-corrected chi connectivity index (χ0v) is 13.7. The largest absolute Gasteiger partial charge is 0.497 e. The first-order valence-corrected chi connectivity index (χ1v) is 7.81. The molecule has 0 aromatic heterocycles. The maximum absolute atomic E-state index is 10.3. The SMILES string of the molecule is CCCNCc1cc(OC)ccc1OCC(O)(CC)CC. The van der Waals surface area contributed by atoms with E-state index in [1.807, 2.05) is 32.0 Å². The smallest absolute Gasteiger partial charge is 0.124 e. The van der Waals surface area contributed by atoms with Crippen molar-refractivity contribution in [2.75, 3.05) is 20.3 Å². The summed E-state index contributed by atoms with van der Waals surface area (Å²) >= 11 is 0. The minimum absolute atomic E-state index is 0.313. The molecule has 120 valence electrons. The summed E-state index contributed by atoms with van der Waals surface area (Å²) in [5, 5.41) is 13.7. The van der Waals surface area contributed by atoms with Crippen LogP contribution in [0.25, 0.3) is 0 Å².